The maximum atomic E-state index is 13.8. The molecule has 1 N–H and O–H groups in total. The molecule has 33 heavy (non-hydrogen) atoms. The molecule has 2 fully saturated rings. The smallest absolute Gasteiger partial charge is 0.304 e. The molecule has 1 aliphatic carbocycles. The van der Waals surface area contributed by atoms with Crippen molar-refractivity contribution in [3.05, 3.63) is 34.9 Å². The number of carboxylic acids is 1. The van der Waals surface area contributed by atoms with Gasteiger partial charge in [-0.25, -0.2) is 8.42 Å². The normalized spacial score (nSPS) is 25.2. The highest BCUT2D eigenvalue weighted by Gasteiger charge is 2.48. The van der Waals surface area contributed by atoms with E-state index in [1.54, 1.807) is 24.0 Å². The molecule has 3 atom stereocenters. The number of carbonyl (C=O) groups is 2. The Labute approximate surface area is 202 Å². The molecule has 1 heterocycles. The molecular weight excluding hydrogens is 464 g/mol. The zero-order chi connectivity index (χ0) is 24.4. The van der Waals surface area contributed by atoms with Gasteiger partial charge in [0.15, 0.2) is 0 Å². The molecule has 0 bridgehead atoms. The summed E-state index contributed by atoms with van der Waals surface area (Å²) in [5.41, 5.74) is -0.0972. The molecule has 9 heteroatoms. The van der Waals surface area contributed by atoms with E-state index in [-0.39, 0.29) is 36.2 Å². The van der Waals surface area contributed by atoms with E-state index in [1.165, 1.54) is 4.31 Å². The third-order valence-corrected chi connectivity index (χ3v) is 10.0. The lowest BCUT2D eigenvalue weighted by molar-refractivity contribution is -0.159. The molecule has 3 unspecified atom stereocenters. The van der Waals surface area contributed by atoms with E-state index in [2.05, 4.69) is 0 Å². The first kappa shape index (κ1) is 26.0. The minimum Gasteiger partial charge on any atom is -0.481 e. The van der Waals surface area contributed by atoms with Gasteiger partial charge in [-0.15, -0.1) is 0 Å². The van der Waals surface area contributed by atoms with E-state index < -0.39 is 21.4 Å². The van der Waals surface area contributed by atoms with Gasteiger partial charge >= 0.3 is 5.97 Å². The zero-order valence-electron chi connectivity index (χ0n) is 19.7. The molecule has 1 aromatic carbocycles. The molecule has 7 nitrogen and oxygen atoms in total. The number of benzene rings is 1. The minimum atomic E-state index is -3.43. The Balaban J connectivity index is 1.97. The van der Waals surface area contributed by atoms with Crippen molar-refractivity contribution in [1.82, 2.24) is 9.21 Å². The number of nitrogens with zero attached hydrogens (tertiary/aromatic N) is 2. The Kier molecular flexibility index (Phi) is 8.12. The summed E-state index contributed by atoms with van der Waals surface area (Å²) in [5, 5.41) is 9.72. The van der Waals surface area contributed by atoms with Crippen molar-refractivity contribution in [2.45, 2.75) is 83.1 Å². The van der Waals surface area contributed by atoms with Crippen LogP contribution in [0.4, 0.5) is 0 Å². The van der Waals surface area contributed by atoms with Crippen molar-refractivity contribution in [3.63, 3.8) is 0 Å². The lowest BCUT2D eigenvalue weighted by atomic mass is 9.74. The summed E-state index contributed by atoms with van der Waals surface area (Å²) in [5.74, 6) is -1.23. The van der Waals surface area contributed by atoms with Gasteiger partial charge in [0, 0.05) is 24.2 Å². The lowest BCUT2D eigenvalue weighted by Crippen LogP contribution is -2.57. The fraction of sp³-hybridized carbons (Fsp3) is 0.667. The Morgan fingerprint density at radius 2 is 1.88 bits per heavy atom. The van der Waals surface area contributed by atoms with Crippen molar-refractivity contribution in [2.75, 3.05) is 13.1 Å². The number of halogens is 1. The van der Waals surface area contributed by atoms with Gasteiger partial charge in [-0.3, -0.25) is 9.59 Å². The van der Waals surface area contributed by atoms with Crippen LogP contribution in [0.5, 0.6) is 0 Å². The molecule has 1 amide bonds. The summed E-state index contributed by atoms with van der Waals surface area (Å²) in [6.45, 7) is 6.04. The summed E-state index contributed by atoms with van der Waals surface area (Å²) in [4.78, 5) is 27.1. The van der Waals surface area contributed by atoms with Gasteiger partial charge in [-0.1, -0.05) is 50.9 Å². The SMILES string of the molecule is CCC(CN(CC)S(=O)(=O)C1CCC1)N1C(=O)C(C)(CC(=O)O)CCC1c1ccc(Cl)cc1. The van der Waals surface area contributed by atoms with E-state index in [9.17, 15) is 23.1 Å². The Hall–Kier alpha value is -1.64. The topological polar surface area (TPSA) is 95.0 Å². The summed E-state index contributed by atoms with van der Waals surface area (Å²) >= 11 is 6.08. The molecule has 1 aliphatic heterocycles. The molecule has 0 spiro atoms. The van der Waals surface area contributed by atoms with Crippen molar-refractivity contribution in [3.8, 4) is 0 Å². The maximum absolute atomic E-state index is 13.8. The first-order chi connectivity index (χ1) is 15.5. The van der Waals surface area contributed by atoms with Crippen LogP contribution in [0.15, 0.2) is 24.3 Å². The van der Waals surface area contributed by atoms with Gasteiger partial charge in [0.25, 0.3) is 0 Å². The van der Waals surface area contributed by atoms with Crippen LogP contribution >= 0.6 is 11.6 Å². The quantitative estimate of drug-likeness (QED) is 0.513. The van der Waals surface area contributed by atoms with E-state index >= 15 is 0 Å². The standard InChI is InChI=1S/C24H35ClN2O5S/c1-4-19(16-26(5-2)33(31,32)20-7-6-8-20)27-21(17-9-11-18(25)12-10-17)13-14-24(3,23(27)30)15-22(28)29/h9-12,19-21H,4-8,13-16H2,1-3H3,(H,28,29). The molecule has 0 radical (unpaired) electrons. The second-order valence-corrected chi connectivity index (χ2v) is 12.2. The van der Waals surface area contributed by atoms with Crippen molar-refractivity contribution >= 4 is 33.5 Å². The highest BCUT2D eigenvalue weighted by molar-refractivity contribution is 7.89. The van der Waals surface area contributed by atoms with Crippen LogP contribution in [0.25, 0.3) is 0 Å². The summed E-state index contributed by atoms with van der Waals surface area (Å²) in [6, 6.07) is 6.73. The van der Waals surface area contributed by atoms with Crippen molar-refractivity contribution < 1.29 is 23.1 Å². The first-order valence-corrected chi connectivity index (χ1v) is 13.7. The number of hydrogen-bond acceptors (Lipinski definition) is 4. The second-order valence-electron chi connectivity index (χ2n) is 9.56. The predicted molar refractivity (Wildman–Crippen MR) is 129 cm³/mol. The van der Waals surface area contributed by atoms with E-state index in [0.29, 0.717) is 43.7 Å². The third-order valence-electron chi connectivity index (χ3n) is 7.32. The van der Waals surface area contributed by atoms with Crippen LogP contribution in [-0.2, 0) is 19.6 Å². The second kappa shape index (κ2) is 10.3. The number of likely N-dealkylation sites (N-methyl/N-ethyl adjacent to an activating group) is 1. The molecule has 184 valence electrons. The fourth-order valence-corrected chi connectivity index (χ4v) is 7.24. The lowest BCUT2D eigenvalue weighted by Gasteiger charge is -2.48. The van der Waals surface area contributed by atoms with Gasteiger partial charge in [-0.2, -0.15) is 4.31 Å². The van der Waals surface area contributed by atoms with Crippen LogP contribution in [0.2, 0.25) is 5.02 Å². The van der Waals surface area contributed by atoms with Gasteiger partial charge in [0.2, 0.25) is 15.9 Å². The average Bonchev–Trinajstić information content (AvgIpc) is 2.70. The monoisotopic (exact) mass is 498 g/mol. The average molecular weight is 499 g/mol. The number of piperidine rings is 1. The van der Waals surface area contributed by atoms with Crippen LogP contribution in [0.3, 0.4) is 0 Å². The van der Waals surface area contributed by atoms with Crippen LogP contribution in [0, 0.1) is 5.41 Å². The Morgan fingerprint density at radius 3 is 2.36 bits per heavy atom. The van der Waals surface area contributed by atoms with Crippen molar-refractivity contribution in [1.29, 1.82) is 0 Å². The predicted octanol–water partition coefficient (Wildman–Crippen LogP) is 4.47. The zero-order valence-corrected chi connectivity index (χ0v) is 21.2. The van der Waals surface area contributed by atoms with Gasteiger partial charge < -0.3 is 10.0 Å². The minimum absolute atomic E-state index is 0.213. The molecule has 3 rings (SSSR count). The van der Waals surface area contributed by atoms with Gasteiger partial charge in [0.1, 0.15) is 0 Å². The number of hydrogen-bond donors (Lipinski definition) is 1. The van der Waals surface area contributed by atoms with E-state index in [4.69, 9.17) is 11.6 Å². The number of rotatable bonds is 10. The number of carbonyl (C=O) groups excluding carboxylic acids is 1. The number of aliphatic carboxylic acids is 1. The summed E-state index contributed by atoms with van der Waals surface area (Å²) < 4.78 is 27.8. The van der Waals surface area contributed by atoms with Gasteiger partial charge in [0.05, 0.1) is 23.1 Å². The van der Waals surface area contributed by atoms with Gasteiger partial charge in [-0.05, 0) is 49.8 Å². The van der Waals surface area contributed by atoms with E-state index in [0.717, 1.165) is 12.0 Å². The third kappa shape index (κ3) is 5.38. The first-order valence-electron chi connectivity index (χ1n) is 11.8. The molecule has 1 saturated carbocycles. The van der Waals surface area contributed by atoms with E-state index in [1.807, 2.05) is 26.0 Å². The summed E-state index contributed by atoms with van der Waals surface area (Å²) in [6.07, 6.45) is 3.67. The Morgan fingerprint density at radius 1 is 1.24 bits per heavy atom. The highest BCUT2D eigenvalue weighted by atomic mass is 35.5. The number of amides is 1. The van der Waals surface area contributed by atoms with Crippen LogP contribution in [-0.4, -0.2) is 59.0 Å². The Bertz CT molecular complexity index is 964. The fourth-order valence-electron chi connectivity index (χ4n) is 5.03. The largest absolute Gasteiger partial charge is 0.481 e. The molecule has 1 aromatic rings. The number of carboxylic acid groups (broad SMARTS) is 1. The number of sulfonamides is 1. The van der Waals surface area contributed by atoms with Crippen LogP contribution in [0.1, 0.15) is 77.3 Å². The maximum Gasteiger partial charge on any atom is 0.304 e. The summed E-state index contributed by atoms with van der Waals surface area (Å²) in [7, 11) is -3.43. The van der Waals surface area contributed by atoms with Crippen molar-refractivity contribution in [2.24, 2.45) is 5.41 Å². The molecular formula is C24H35ClN2O5S. The molecule has 0 aromatic heterocycles. The number of likely N-dealkylation sites (tertiary alicyclic amines) is 1. The highest BCUT2D eigenvalue weighted by Crippen LogP contribution is 2.44. The molecule has 1 saturated heterocycles. The molecule has 2 aliphatic rings. The van der Waals surface area contributed by atoms with Crippen LogP contribution < -0.4 is 0 Å².